The van der Waals surface area contributed by atoms with Crippen molar-refractivity contribution in [1.29, 1.82) is 0 Å². The van der Waals surface area contributed by atoms with Gasteiger partial charge >= 0.3 is 0 Å². The summed E-state index contributed by atoms with van der Waals surface area (Å²) in [4.78, 5) is 0. The first kappa shape index (κ1) is 14.2. The lowest BCUT2D eigenvalue weighted by Gasteiger charge is -2.20. The zero-order valence-electron chi connectivity index (χ0n) is 12.8. The molecule has 3 rings (SSSR count). The third kappa shape index (κ3) is 3.27. The first-order valence-corrected chi connectivity index (χ1v) is 7.82. The van der Waals surface area contributed by atoms with Gasteiger partial charge in [-0.05, 0) is 55.5 Å². The van der Waals surface area contributed by atoms with E-state index in [0.29, 0.717) is 18.7 Å². The van der Waals surface area contributed by atoms with Crippen LogP contribution in [-0.2, 0) is 12.8 Å². The normalized spacial score (nSPS) is 15.7. The van der Waals surface area contributed by atoms with Crippen LogP contribution in [0.15, 0.2) is 48.5 Å². The van der Waals surface area contributed by atoms with E-state index in [9.17, 15) is 0 Å². The SMILES string of the molecule is CCOc1ccc(C(C)NC2Cc3ccccc3C2)cc1. The van der Waals surface area contributed by atoms with Crippen LogP contribution in [0.1, 0.15) is 36.6 Å². The number of hydrogen-bond donors (Lipinski definition) is 1. The lowest BCUT2D eigenvalue weighted by molar-refractivity contribution is 0.340. The van der Waals surface area contributed by atoms with Crippen LogP contribution < -0.4 is 10.1 Å². The van der Waals surface area contributed by atoms with E-state index in [0.717, 1.165) is 18.6 Å². The molecule has 0 bridgehead atoms. The maximum atomic E-state index is 5.50. The molecule has 0 heterocycles. The Balaban J connectivity index is 1.61. The number of rotatable bonds is 5. The largest absolute Gasteiger partial charge is 0.494 e. The maximum Gasteiger partial charge on any atom is 0.119 e. The molecule has 0 spiro atoms. The third-order valence-corrected chi connectivity index (χ3v) is 4.23. The van der Waals surface area contributed by atoms with Crippen molar-refractivity contribution >= 4 is 0 Å². The molecule has 2 heteroatoms. The smallest absolute Gasteiger partial charge is 0.119 e. The molecule has 0 saturated heterocycles. The van der Waals surface area contributed by atoms with Crippen LogP contribution >= 0.6 is 0 Å². The lowest BCUT2D eigenvalue weighted by atomic mass is 10.1. The van der Waals surface area contributed by atoms with Crippen molar-refractivity contribution in [1.82, 2.24) is 5.32 Å². The summed E-state index contributed by atoms with van der Waals surface area (Å²) in [7, 11) is 0. The Labute approximate surface area is 127 Å². The van der Waals surface area contributed by atoms with Crippen molar-refractivity contribution in [2.45, 2.75) is 38.8 Å². The number of hydrogen-bond acceptors (Lipinski definition) is 2. The molecule has 1 unspecified atom stereocenters. The summed E-state index contributed by atoms with van der Waals surface area (Å²) in [6, 6.07) is 18.1. The van der Waals surface area contributed by atoms with Gasteiger partial charge in [-0.15, -0.1) is 0 Å². The summed E-state index contributed by atoms with van der Waals surface area (Å²) in [5, 5.41) is 3.75. The van der Waals surface area contributed by atoms with Crippen LogP contribution in [-0.4, -0.2) is 12.6 Å². The topological polar surface area (TPSA) is 21.3 Å². The van der Waals surface area contributed by atoms with Crippen molar-refractivity contribution in [3.8, 4) is 5.75 Å². The van der Waals surface area contributed by atoms with Crippen LogP contribution in [0, 0.1) is 0 Å². The van der Waals surface area contributed by atoms with Gasteiger partial charge in [-0.2, -0.15) is 0 Å². The van der Waals surface area contributed by atoms with Crippen molar-refractivity contribution in [2.24, 2.45) is 0 Å². The number of fused-ring (bicyclic) bond motifs is 1. The first-order chi connectivity index (χ1) is 10.3. The summed E-state index contributed by atoms with van der Waals surface area (Å²) in [6.45, 7) is 4.96. The van der Waals surface area contributed by atoms with E-state index in [1.165, 1.54) is 16.7 Å². The van der Waals surface area contributed by atoms with E-state index >= 15 is 0 Å². The van der Waals surface area contributed by atoms with Crippen molar-refractivity contribution in [3.63, 3.8) is 0 Å². The van der Waals surface area contributed by atoms with E-state index in [-0.39, 0.29) is 0 Å². The highest BCUT2D eigenvalue weighted by atomic mass is 16.5. The molecule has 21 heavy (non-hydrogen) atoms. The average Bonchev–Trinajstić information content (AvgIpc) is 2.90. The Hall–Kier alpha value is -1.80. The van der Waals surface area contributed by atoms with E-state index < -0.39 is 0 Å². The number of ether oxygens (including phenoxy) is 1. The van der Waals surface area contributed by atoms with Crippen molar-refractivity contribution < 1.29 is 4.74 Å². The van der Waals surface area contributed by atoms with Crippen molar-refractivity contribution in [3.05, 3.63) is 65.2 Å². The Morgan fingerprint density at radius 1 is 1.05 bits per heavy atom. The molecule has 1 aliphatic carbocycles. The summed E-state index contributed by atoms with van der Waals surface area (Å²) in [5.74, 6) is 0.946. The predicted octanol–water partition coefficient (Wildman–Crippen LogP) is 3.90. The fourth-order valence-corrected chi connectivity index (χ4v) is 3.15. The zero-order chi connectivity index (χ0) is 14.7. The minimum absolute atomic E-state index is 0.361. The maximum absolute atomic E-state index is 5.50. The molecule has 0 fully saturated rings. The Morgan fingerprint density at radius 2 is 1.67 bits per heavy atom. The fraction of sp³-hybridized carbons (Fsp3) is 0.368. The monoisotopic (exact) mass is 281 g/mol. The molecule has 0 aromatic heterocycles. The van der Waals surface area contributed by atoms with Gasteiger partial charge in [-0.1, -0.05) is 36.4 Å². The van der Waals surface area contributed by atoms with E-state index in [2.05, 4.69) is 60.8 Å². The number of benzene rings is 2. The minimum atomic E-state index is 0.361. The third-order valence-electron chi connectivity index (χ3n) is 4.23. The molecule has 2 nitrogen and oxygen atoms in total. The molecule has 1 N–H and O–H groups in total. The summed E-state index contributed by atoms with van der Waals surface area (Å²) in [5.41, 5.74) is 4.30. The average molecular weight is 281 g/mol. The Bertz CT molecular complexity index is 566. The lowest BCUT2D eigenvalue weighted by Crippen LogP contribution is -2.32. The second-order valence-electron chi connectivity index (χ2n) is 5.76. The van der Waals surface area contributed by atoms with Gasteiger partial charge < -0.3 is 10.1 Å². The summed E-state index contributed by atoms with van der Waals surface area (Å²) < 4.78 is 5.50. The van der Waals surface area contributed by atoms with Crippen LogP contribution in [0.5, 0.6) is 5.75 Å². The van der Waals surface area contributed by atoms with Gasteiger partial charge in [-0.25, -0.2) is 0 Å². The molecule has 110 valence electrons. The number of nitrogens with one attached hydrogen (secondary N) is 1. The molecule has 2 aromatic rings. The van der Waals surface area contributed by atoms with Crippen LogP contribution in [0.25, 0.3) is 0 Å². The van der Waals surface area contributed by atoms with Gasteiger partial charge in [-0.3, -0.25) is 0 Å². The van der Waals surface area contributed by atoms with Gasteiger partial charge in [0.2, 0.25) is 0 Å². The van der Waals surface area contributed by atoms with Crippen LogP contribution in [0.2, 0.25) is 0 Å². The predicted molar refractivity (Wildman–Crippen MR) is 86.8 cm³/mol. The van der Waals surface area contributed by atoms with Gasteiger partial charge in [0.05, 0.1) is 6.61 Å². The second kappa shape index (κ2) is 6.31. The van der Waals surface area contributed by atoms with E-state index in [1.54, 1.807) is 0 Å². The highest BCUT2D eigenvalue weighted by molar-refractivity contribution is 5.34. The highest BCUT2D eigenvalue weighted by Crippen LogP contribution is 2.24. The molecular formula is C19H23NO. The molecular weight excluding hydrogens is 258 g/mol. The Kier molecular flexibility index (Phi) is 4.26. The molecule has 0 saturated carbocycles. The molecule has 0 aliphatic heterocycles. The molecule has 0 radical (unpaired) electrons. The quantitative estimate of drug-likeness (QED) is 0.897. The summed E-state index contributed by atoms with van der Waals surface area (Å²) >= 11 is 0. The molecule has 1 aliphatic rings. The second-order valence-corrected chi connectivity index (χ2v) is 5.76. The van der Waals surface area contributed by atoms with Crippen LogP contribution in [0.4, 0.5) is 0 Å². The fourth-order valence-electron chi connectivity index (χ4n) is 3.15. The molecule has 1 atom stereocenters. The van der Waals surface area contributed by atoms with Gasteiger partial charge in [0.1, 0.15) is 5.75 Å². The van der Waals surface area contributed by atoms with Crippen molar-refractivity contribution in [2.75, 3.05) is 6.61 Å². The molecule has 0 amide bonds. The Morgan fingerprint density at radius 3 is 2.24 bits per heavy atom. The first-order valence-electron chi connectivity index (χ1n) is 7.82. The van der Waals surface area contributed by atoms with Crippen LogP contribution in [0.3, 0.4) is 0 Å². The highest BCUT2D eigenvalue weighted by Gasteiger charge is 2.22. The summed E-state index contributed by atoms with van der Waals surface area (Å²) in [6.07, 6.45) is 2.27. The van der Waals surface area contributed by atoms with E-state index in [4.69, 9.17) is 4.74 Å². The minimum Gasteiger partial charge on any atom is -0.494 e. The van der Waals surface area contributed by atoms with E-state index in [1.807, 2.05) is 6.92 Å². The van der Waals surface area contributed by atoms with Gasteiger partial charge in [0.25, 0.3) is 0 Å². The molecule has 2 aromatic carbocycles. The standard InChI is InChI=1S/C19H23NO/c1-3-21-19-10-8-15(9-11-19)14(2)20-18-12-16-6-4-5-7-17(16)13-18/h4-11,14,18,20H,3,12-13H2,1-2H3. The van der Waals surface area contributed by atoms with Gasteiger partial charge in [0.15, 0.2) is 0 Å². The zero-order valence-corrected chi connectivity index (χ0v) is 12.8. The van der Waals surface area contributed by atoms with Gasteiger partial charge in [0, 0.05) is 12.1 Å².